The number of nitriles is 1. The third kappa shape index (κ3) is 3.82. The number of carbonyl (C=O) groups excluding carboxylic acids is 1. The van der Waals surface area contributed by atoms with E-state index >= 15 is 0 Å². The van der Waals surface area contributed by atoms with Crippen LogP contribution in [0.2, 0.25) is 0 Å². The lowest BCUT2D eigenvalue weighted by molar-refractivity contribution is -0.115. The first-order valence-electron chi connectivity index (χ1n) is 8.05. The number of thiophene rings is 1. The Morgan fingerprint density at radius 1 is 1.38 bits per heavy atom. The van der Waals surface area contributed by atoms with Gasteiger partial charge < -0.3 is 5.32 Å². The van der Waals surface area contributed by atoms with E-state index in [1.807, 2.05) is 17.7 Å². The van der Waals surface area contributed by atoms with Gasteiger partial charge in [0.2, 0.25) is 5.91 Å². The number of hydrogen-bond acceptors (Lipinski definition) is 5. The van der Waals surface area contributed by atoms with E-state index in [0.717, 1.165) is 16.4 Å². The number of hydrogen-bond donors (Lipinski definition) is 1. The summed E-state index contributed by atoms with van der Waals surface area (Å²) in [4.78, 5) is 16.9. The van der Waals surface area contributed by atoms with Crippen molar-refractivity contribution in [2.45, 2.75) is 31.2 Å². The van der Waals surface area contributed by atoms with Gasteiger partial charge in [0.05, 0.1) is 16.5 Å². The minimum atomic E-state index is -0.351. The number of amides is 1. The smallest absolute Gasteiger partial charge is 0.238 e. The highest BCUT2D eigenvalue weighted by Gasteiger charge is 2.19. The Morgan fingerprint density at radius 2 is 2.19 bits per heavy atom. The van der Waals surface area contributed by atoms with Crippen LogP contribution in [0.4, 0.5) is 5.00 Å². The SMILES string of the molecule is Cc1ccc(-n2ccnc2SC(C)C(=O)Nc2sccc2C#N)c(C)c1. The molecular formula is C19H18N4OS2. The average molecular weight is 383 g/mol. The van der Waals surface area contributed by atoms with Crippen LogP contribution in [0, 0.1) is 25.2 Å². The van der Waals surface area contributed by atoms with Crippen molar-refractivity contribution < 1.29 is 4.79 Å². The van der Waals surface area contributed by atoms with Crippen LogP contribution in [0.1, 0.15) is 23.6 Å². The number of nitrogens with zero attached hydrogens (tertiary/aromatic N) is 3. The summed E-state index contributed by atoms with van der Waals surface area (Å²) in [5.74, 6) is -0.149. The summed E-state index contributed by atoms with van der Waals surface area (Å²) in [7, 11) is 0. The fourth-order valence-electron chi connectivity index (χ4n) is 2.56. The summed E-state index contributed by atoms with van der Waals surface area (Å²) >= 11 is 2.74. The van der Waals surface area contributed by atoms with Crippen molar-refractivity contribution in [2.24, 2.45) is 0 Å². The van der Waals surface area contributed by atoms with Gasteiger partial charge in [-0.3, -0.25) is 9.36 Å². The quantitative estimate of drug-likeness (QED) is 0.658. The molecule has 7 heteroatoms. The second-order valence-electron chi connectivity index (χ2n) is 5.89. The van der Waals surface area contributed by atoms with E-state index in [9.17, 15) is 4.79 Å². The molecule has 2 aromatic heterocycles. The average Bonchev–Trinajstić information content (AvgIpc) is 3.24. The normalized spacial score (nSPS) is 11.8. The molecule has 0 aliphatic rings. The first-order valence-corrected chi connectivity index (χ1v) is 9.81. The predicted octanol–water partition coefficient (Wildman–Crippen LogP) is 4.54. The summed E-state index contributed by atoms with van der Waals surface area (Å²) in [6.07, 6.45) is 3.64. The zero-order valence-electron chi connectivity index (χ0n) is 14.7. The lowest BCUT2D eigenvalue weighted by Gasteiger charge is -2.14. The molecule has 0 fully saturated rings. The zero-order chi connectivity index (χ0) is 18.7. The Kier molecular flexibility index (Phi) is 5.45. The number of carbonyl (C=O) groups is 1. The van der Waals surface area contributed by atoms with Gasteiger partial charge in [0, 0.05) is 12.4 Å². The molecule has 0 aliphatic carbocycles. The van der Waals surface area contributed by atoms with Crippen molar-refractivity contribution in [3.05, 3.63) is 58.7 Å². The number of thioether (sulfide) groups is 1. The third-order valence-electron chi connectivity index (χ3n) is 3.89. The fourth-order valence-corrected chi connectivity index (χ4v) is 4.17. The lowest BCUT2D eigenvalue weighted by Crippen LogP contribution is -2.22. The molecule has 2 heterocycles. The van der Waals surface area contributed by atoms with Crippen LogP contribution in [0.15, 0.2) is 47.2 Å². The molecule has 1 aromatic carbocycles. The minimum absolute atomic E-state index is 0.149. The molecule has 3 rings (SSSR count). The summed E-state index contributed by atoms with van der Waals surface area (Å²) in [6.45, 7) is 5.96. The van der Waals surface area contributed by atoms with Gasteiger partial charge in [-0.2, -0.15) is 5.26 Å². The standard InChI is InChI=1S/C19H18N4OS2/c1-12-4-5-16(13(2)10-12)23-8-7-21-19(23)26-14(3)17(24)22-18-15(11-20)6-9-25-18/h4-10,14H,1-3H3,(H,22,24). The van der Waals surface area contributed by atoms with Crippen molar-refractivity contribution >= 4 is 34.0 Å². The predicted molar refractivity (Wildman–Crippen MR) is 106 cm³/mol. The number of aryl methyl sites for hydroxylation is 2. The Hall–Kier alpha value is -2.56. The molecule has 1 N–H and O–H groups in total. The van der Waals surface area contributed by atoms with Crippen molar-refractivity contribution in [3.63, 3.8) is 0 Å². The van der Waals surface area contributed by atoms with Crippen LogP contribution < -0.4 is 5.32 Å². The molecule has 3 aromatic rings. The first kappa shape index (κ1) is 18.2. The lowest BCUT2D eigenvalue weighted by atomic mass is 10.1. The van der Waals surface area contributed by atoms with E-state index in [4.69, 9.17) is 5.26 Å². The summed E-state index contributed by atoms with van der Waals surface area (Å²) in [6, 6.07) is 10.0. The molecule has 0 aliphatic heterocycles. The first-order chi connectivity index (χ1) is 12.5. The van der Waals surface area contributed by atoms with Gasteiger partial charge in [0.25, 0.3) is 0 Å². The van der Waals surface area contributed by atoms with E-state index in [1.54, 1.807) is 17.6 Å². The van der Waals surface area contributed by atoms with Crippen molar-refractivity contribution in [1.82, 2.24) is 9.55 Å². The van der Waals surface area contributed by atoms with Gasteiger partial charge in [-0.1, -0.05) is 29.5 Å². The van der Waals surface area contributed by atoms with Gasteiger partial charge in [-0.05, 0) is 43.8 Å². The van der Waals surface area contributed by atoms with Crippen molar-refractivity contribution in [1.29, 1.82) is 5.26 Å². The summed E-state index contributed by atoms with van der Waals surface area (Å²) < 4.78 is 2.00. The molecule has 1 unspecified atom stereocenters. The molecule has 0 radical (unpaired) electrons. The molecule has 1 atom stereocenters. The van der Waals surface area contributed by atoms with E-state index in [-0.39, 0.29) is 11.2 Å². The topological polar surface area (TPSA) is 70.7 Å². The monoisotopic (exact) mass is 382 g/mol. The molecule has 132 valence electrons. The second-order valence-corrected chi connectivity index (χ2v) is 8.12. The largest absolute Gasteiger partial charge is 0.316 e. The van der Waals surface area contributed by atoms with E-state index in [1.165, 1.54) is 28.7 Å². The van der Waals surface area contributed by atoms with Gasteiger partial charge >= 0.3 is 0 Å². The van der Waals surface area contributed by atoms with Crippen LogP contribution in [-0.2, 0) is 4.79 Å². The van der Waals surface area contributed by atoms with E-state index < -0.39 is 0 Å². The molecular weight excluding hydrogens is 364 g/mol. The molecule has 0 spiro atoms. The maximum Gasteiger partial charge on any atom is 0.238 e. The highest BCUT2D eigenvalue weighted by molar-refractivity contribution is 8.00. The van der Waals surface area contributed by atoms with Crippen LogP contribution in [-0.4, -0.2) is 20.7 Å². The second kappa shape index (κ2) is 7.77. The highest BCUT2D eigenvalue weighted by Crippen LogP contribution is 2.28. The van der Waals surface area contributed by atoms with Gasteiger partial charge in [0.1, 0.15) is 11.1 Å². The zero-order valence-corrected chi connectivity index (χ0v) is 16.3. The number of benzene rings is 1. The van der Waals surface area contributed by atoms with Gasteiger partial charge in [-0.15, -0.1) is 11.3 Å². The Labute approximate surface area is 160 Å². The van der Waals surface area contributed by atoms with Crippen LogP contribution in [0.5, 0.6) is 0 Å². The maximum absolute atomic E-state index is 12.5. The number of aromatic nitrogens is 2. The van der Waals surface area contributed by atoms with Crippen LogP contribution in [0.25, 0.3) is 5.69 Å². The molecule has 0 saturated heterocycles. The number of anilines is 1. The van der Waals surface area contributed by atoms with Gasteiger partial charge in [-0.25, -0.2) is 4.98 Å². The van der Waals surface area contributed by atoms with Crippen molar-refractivity contribution in [2.75, 3.05) is 5.32 Å². The fraction of sp³-hybridized carbons (Fsp3) is 0.211. The molecule has 5 nitrogen and oxygen atoms in total. The molecule has 1 amide bonds. The molecule has 0 saturated carbocycles. The number of nitrogens with one attached hydrogen (secondary N) is 1. The molecule has 0 bridgehead atoms. The minimum Gasteiger partial charge on any atom is -0.316 e. The van der Waals surface area contributed by atoms with Crippen LogP contribution >= 0.6 is 23.1 Å². The van der Waals surface area contributed by atoms with E-state index in [0.29, 0.717) is 10.6 Å². The number of imidazole rings is 1. The molecule has 26 heavy (non-hydrogen) atoms. The number of rotatable bonds is 5. The van der Waals surface area contributed by atoms with Crippen molar-refractivity contribution in [3.8, 4) is 11.8 Å². The maximum atomic E-state index is 12.5. The Bertz CT molecular complexity index is 984. The van der Waals surface area contributed by atoms with Gasteiger partial charge in [0.15, 0.2) is 5.16 Å². The highest BCUT2D eigenvalue weighted by atomic mass is 32.2. The summed E-state index contributed by atoms with van der Waals surface area (Å²) in [5.41, 5.74) is 3.89. The van der Waals surface area contributed by atoms with Crippen LogP contribution in [0.3, 0.4) is 0 Å². The Morgan fingerprint density at radius 3 is 2.92 bits per heavy atom. The Balaban J connectivity index is 1.76. The third-order valence-corrected chi connectivity index (χ3v) is 5.80. The van der Waals surface area contributed by atoms with E-state index in [2.05, 4.69) is 48.4 Å². The summed E-state index contributed by atoms with van der Waals surface area (Å²) in [5, 5.41) is 14.7.